The second-order valence-electron chi connectivity index (χ2n) is 5.86. The summed E-state index contributed by atoms with van der Waals surface area (Å²) in [7, 11) is 0. The molecule has 1 atom stereocenters. The zero-order valence-electron chi connectivity index (χ0n) is 12.9. The van der Waals surface area contributed by atoms with Crippen LogP contribution in [0.25, 0.3) is 21.8 Å². The van der Waals surface area contributed by atoms with Crippen molar-refractivity contribution >= 4 is 44.7 Å². The summed E-state index contributed by atoms with van der Waals surface area (Å²) in [6.45, 7) is 0.362. The van der Waals surface area contributed by atoms with Crippen LogP contribution in [-0.4, -0.2) is 44.1 Å². The first kappa shape index (κ1) is 15.2. The molecule has 122 valence electrons. The van der Waals surface area contributed by atoms with Crippen LogP contribution in [-0.2, 0) is 11.3 Å². The van der Waals surface area contributed by atoms with Crippen molar-refractivity contribution in [2.45, 2.75) is 12.6 Å². The van der Waals surface area contributed by atoms with Crippen molar-refractivity contribution < 1.29 is 14.7 Å². The number of amides is 2. The van der Waals surface area contributed by atoms with Crippen LogP contribution in [0.2, 0.25) is 0 Å². The number of nitrogens with zero attached hydrogens (tertiary/aromatic N) is 2. The average molecular weight is 340 g/mol. The van der Waals surface area contributed by atoms with Gasteiger partial charge < -0.3 is 9.67 Å². The number of aliphatic hydroxyl groups excluding tert-OH is 1. The van der Waals surface area contributed by atoms with Gasteiger partial charge in [0, 0.05) is 21.8 Å². The first-order valence-corrected chi connectivity index (χ1v) is 8.75. The van der Waals surface area contributed by atoms with Crippen LogP contribution in [0.4, 0.5) is 4.79 Å². The number of hydrogen-bond donors (Lipinski definition) is 1. The van der Waals surface area contributed by atoms with Gasteiger partial charge in [0.15, 0.2) is 0 Å². The molecule has 2 aromatic carbocycles. The molecule has 0 spiro atoms. The Morgan fingerprint density at radius 2 is 1.54 bits per heavy atom. The van der Waals surface area contributed by atoms with Crippen LogP contribution in [0.3, 0.4) is 0 Å². The number of carbonyl (C=O) groups is 2. The molecule has 1 N–H and O–H groups in total. The van der Waals surface area contributed by atoms with E-state index in [1.54, 1.807) is 0 Å². The van der Waals surface area contributed by atoms with E-state index in [-0.39, 0.29) is 23.4 Å². The van der Waals surface area contributed by atoms with Crippen LogP contribution in [0.15, 0.2) is 48.5 Å². The van der Waals surface area contributed by atoms with E-state index in [2.05, 4.69) is 12.1 Å². The lowest BCUT2D eigenvalue weighted by atomic mass is 10.2. The summed E-state index contributed by atoms with van der Waals surface area (Å²) in [5.41, 5.74) is 2.07. The van der Waals surface area contributed by atoms with Gasteiger partial charge >= 0.3 is 0 Å². The molecule has 1 unspecified atom stereocenters. The summed E-state index contributed by atoms with van der Waals surface area (Å²) in [5, 5.41) is 12.4. The molecule has 0 saturated carbocycles. The number of hydrogen-bond acceptors (Lipinski definition) is 4. The Hall–Kier alpha value is -2.31. The third-order valence-corrected chi connectivity index (χ3v) is 5.17. The predicted octanol–water partition coefficient (Wildman–Crippen LogP) is 2.85. The highest BCUT2D eigenvalue weighted by Crippen LogP contribution is 2.29. The number of rotatable bonds is 4. The molecule has 0 aliphatic carbocycles. The second kappa shape index (κ2) is 5.96. The molecule has 2 heterocycles. The first-order chi connectivity index (χ1) is 11.6. The largest absolute Gasteiger partial charge is 0.389 e. The zero-order valence-corrected chi connectivity index (χ0v) is 13.7. The van der Waals surface area contributed by atoms with Gasteiger partial charge in [0.2, 0.25) is 5.91 Å². The highest BCUT2D eigenvalue weighted by atomic mass is 32.2. The number of fused-ring (bicyclic) bond motifs is 3. The molecule has 3 aromatic rings. The summed E-state index contributed by atoms with van der Waals surface area (Å²) in [4.78, 5) is 24.6. The third-order valence-electron chi connectivity index (χ3n) is 4.31. The molecule has 24 heavy (non-hydrogen) atoms. The molecule has 1 fully saturated rings. The SMILES string of the molecule is O=C1CSC(=O)N1CC(O)Cn1c2ccccc2c2ccccc21. The van der Waals surface area contributed by atoms with Crippen LogP contribution in [0.5, 0.6) is 0 Å². The van der Waals surface area contributed by atoms with Crippen molar-refractivity contribution in [2.24, 2.45) is 0 Å². The van der Waals surface area contributed by atoms with Crippen molar-refractivity contribution in [2.75, 3.05) is 12.3 Å². The number of imide groups is 1. The van der Waals surface area contributed by atoms with Gasteiger partial charge in [-0.25, -0.2) is 0 Å². The van der Waals surface area contributed by atoms with Crippen LogP contribution < -0.4 is 0 Å². The predicted molar refractivity (Wildman–Crippen MR) is 95.0 cm³/mol. The Labute approximate surface area is 142 Å². The highest BCUT2D eigenvalue weighted by molar-refractivity contribution is 8.14. The minimum Gasteiger partial charge on any atom is -0.389 e. The third kappa shape index (κ3) is 2.48. The summed E-state index contributed by atoms with van der Waals surface area (Å²) < 4.78 is 2.05. The average Bonchev–Trinajstić information content (AvgIpc) is 3.08. The number of para-hydroxylation sites is 2. The van der Waals surface area contributed by atoms with E-state index in [1.165, 1.54) is 0 Å². The van der Waals surface area contributed by atoms with Gasteiger partial charge in [0.05, 0.1) is 24.9 Å². The first-order valence-electron chi connectivity index (χ1n) is 7.76. The Morgan fingerprint density at radius 1 is 0.958 bits per heavy atom. The highest BCUT2D eigenvalue weighted by Gasteiger charge is 2.31. The fourth-order valence-corrected chi connectivity index (χ4v) is 3.97. The van der Waals surface area contributed by atoms with E-state index < -0.39 is 6.10 Å². The standard InChI is InChI=1S/C18H16N2O3S/c21-12(10-20-17(22)11-24-18(20)23)9-19-15-7-3-1-5-13(15)14-6-2-4-8-16(14)19/h1-8,12,21H,9-11H2. The van der Waals surface area contributed by atoms with Gasteiger partial charge in [-0.15, -0.1) is 0 Å². The molecule has 1 aliphatic rings. The molecule has 1 aliphatic heterocycles. The summed E-state index contributed by atoms with van der Waals surface area (Å²) in [6, 6.07) is 16.1. The molecule has 4 rings (SSSR count). The number of thioether (sulfide) groups is 1. The molecule has 2 amide bonds. The molecule has 1 aromatic heterocycles. The number of β-amino-alcohol motifs (C(OH)–C–C–N with tert-alkyl or cyclic N) is 1. The quantitative estimate of drug-likeness (QED) is 0.793. The maximum atomic E-state index is 11.7. The van der Waals surface area contributed by atoms with Gasteiger partial charge in [-0.2, -0.15) is 0 Å². The number of benzene rings is 2. The Morgan fingerprint density at radius 3 is 2.08 bits per heavy atom. The van der Waals surface area contributed by atoms with Gasteiger partial charge in [-0.05, 0) is 12.1 Å². The van der Waals surface area contributed by atoms with Gasteiger partial charge in [0.1, 0.15) is 0 Å². The second-order valence-corrected chi connectivity index (χ2v) is 6.78. The fourth-order valence-electron chi connectivity index (χ4n) is 3.24. The normalized spacial score (nSPS) is 16.5. The minimum absolute atomic E-state index is 0.0332. The van der Waals surface area contributed by atoms with Crippen molar-refractivity contribution in [1.29, 1.82) is 0 Å². The molecule has 1 saturated heterocycles. The number of aliphatic hydroxyl groups is 1. The lowest BCUT2D eigenvalue weighted by molar-refractivity contribution is -0.125. The van der Waals surface area contributed by atoms with E-state index in [0.717, 1.165) is 38.5 Å². The molecule has 5 nitrogen and oxygen atoms in total. The van der Waals surface area contributed by atoms with Crippen molar-refractivity contribution in [3.8, 4) is 0 Å². The zero-order chi connectivity index (χ0) is 16.7. The summed E-state index contributed by atoms with van der Waals surface area (Å²) in [6.07, 6.45) is -0.809. The molecule has 6 heteroatoms. The Balaban J connectivity index is 1.68. The molecular weight excluding hydrogens is 324 g/mol. The van der Waals surface area contributed by atoms with E-state index >= 15 is 0 Å². The minimum atomic E-state index is -0.809. The molecule has 0 bridgehead atoms. The van der Waals surface area contributed by atoms with Crippen molar-refractivity contribution in [3.63, 3.8) is 0 Å². The van der Waals surface area contributed by atoms with E-state index in [4.69, 9.17) is 0 Å². The Kier molecular flexibility index (Phi) is 3.78. The number of aromatic nitrogens is 1. The summed E-state index contributed by atoms with van der Waals surface area (Å²) in [5.74, 6) is -0.0627. The van der Waals surface area contributed by atoms with Gasteiger partial charge in [0.25, 0.3) is 5.24 Å². The van der Waals surface area contributed by atoms with Crippen LogP contribution >= 0.6 is 11.8 Å². The molecule has 0 radical (unpaired) electrons. The van der Waals surface area contributed by atoms with Crippen LogP contribution in [0.1, 0.15) is 0 Å². The summed E-state index contributed by atoms with van der Waals surface area (Å²) >= 11 is 0.988. The van der Waals surface area contributed by atoms with E-state index in [1.807, 2.05) is 41.0 Å². The maximum absolute atomic E-state index is 11.7. The van der Waals surface area contributed by atoms with Gasteiger partial charge in [-0.3, -0.25) is 14.5 Å². The Bertz CT molecular complexity index is 880. The maximum Gasteiger partial charge on any atom is 0.288 e. The lowest BCUT2D eigenvalue weighted by Gasteiger charge is -2.19. The lowest BCUT2D eigenvalue weighted by Crippen LogP contribution is -2.37. The number of carbonyl (C=O) groups excluding carboxylic acids is 2. The van der Waals surface area contributed by atoms with Crippen LogP contribution in [0, 0.1) is 0 Å². The fraction of sp³-hybridized carbons (Fsp3) is 0.222. The van der Waals surface area contributed by atoms with Crippen molar-refractivity contribution in [1.82, 2.24) is 9.47 Å². The topological polar surface area (TPSA) is 62.5 Å². The smallest absolute Gasteiger partial charge is 0.288 e. The van der Waals surface area contributed by atoms with Crippen molar-refractivity contribution in [3.05, 3.63) is 48.5 Å². The van der Waals surface area contributed by atoms with E-state index in [0.29, 0.717) is 6.54 Å². The van der Waals surface area contributed by atoms with E-state index in [9.17, 15) is 14.7 Å². The van der Waals surface area contributed by atoms with Gasteiger partial charge in [-0.1, -0.05) is 48.2 Å². The monoisotopic (exact) mass is 340 g/mol. The molecular formula is C18H16N2O3S.